The minimum atomic E-state index is -0.0421. The van der Waals surface area contributed by atoms with Crippen molar-refractivity contribution in [3.05, 3.63) is 58.9 Å². The molecule has 0 atom stereocenters. The largest absolute Gasteiger partial charge is 0.497 e. The van der Waals surface area contributed by atoms with Gasteiger partial charge in [-0.2, -0.15) is 5.10 Å². The van der Waals surface area contributed by atoms with Gasteiger partial charge in [0.25, 0.3) is 0 Å². The van der Waals surface area contributed by atoms with Crippen LogP contribution in [-0.2, 0) is 22.6 Å². The van der Waals surface area contributed by atoms with Gasteiger partial charge in [-0.1, -0.05) is 25.1 Å². The van der Waals surface area contributed by atoms with Crippen LogP contribution >= 0.6 is 12.2 Å². The topological polar surface area (TPSA) is 95.5 Å². The highest BCUT2D eigenvalue weighted by Gasteiger charge is 2.24. The number of nitrogens with one attached hydrogen (secondary N) is 2. The molecular formula is C25H30N6O3S. The van der Waals surface area contributed by atoms with Gasteiger partial charge < -0.3 is 15.0 Å². The molecule has 1 aliphatic heterocycles. The van der Waals surface area contributed by atoms with Crippen LogP contribution in [0.25, 0.3) is 11.4 Å². The number of aromatic amines is 1. The molecule has 0 saturated carbocycles. The van der Waals surface area contributed by atoms with E-state index in [4.69, 9.17) is 17.0 Å². The monoisotopic (exact) mass is 494 g/mol. The maximum atomic E-state index is 13.0. The molecule has 0 radical (unpaired) electrons. The lowest BCUT2D eigenvalue weighted by Crippen LogP contribution is -2.51. The number of piperazine rings is 1. The van der Waals surface area contributed by atoms with Crippen molar-refractivity contribution in [2.45, 2.75) is 19.9 Å². The van der Waals surface area contributed by atoms with E-state index in [2.05, 4.69) is 27.3 Å². The molecule has 0 aliphatic carbocycles. The molecule has 3 aromatic rings. The van der Waals surface area contributed by atoms with Gasteiger partial charge in [-0.25, -0.2) is 0 Å². The maximum Gasteiger partial charge on any atom is 0.242 e. The lowest BCUT2D eigenvalue weighted by atomic mass is 10.1. The Morgan fingerprint density at radius 3 is 2.46 bits per heavy atom. The molecule has 0 bridgehead atoms. The Labute approximate surface area is 209 Å². The molecule has 184 valence electrons. The molecule has 1 fully saturated rings. The number of hydrogen-bond donors (Lipinski definition) is 2. The van der Waals surface area contributed by atoms with Crippen molar-refractivity contribution in [2.24, 2.45) is 0 Å². The number of methoxy groups -OCH3 is 1. The van der Waals surface area contributed by atoms with Crippen LogP contribution in [-0.4, -0.2) is 76.2 Å². The summed E-state index contributed by atoms with van der Waals surface area (Å²) in [4.78, 5) is 29.5. The number of hydrogen-bond acceptors (Lipinski definition) is 6. The summed E-state index contributed by atoms with van der Waals surface area (Å²) < 4.78 is 7.32. The number of ether oxygens (including phenoxy) is 1. The number of nitrogens with zero attached hydrogens (tertiary/aromatic N) is 4. The predicted octanol–water partition coefficient (Wildman–Crippen LogP) is 2.96. The number of para-hydroxylation sites is 1. The van der Waals surface area contributed by atoms with Crippen molar-refractivity contribution in [3.63, 3.8) is 0 Å². The zero-order valence-electron chi connectivity index (χ0n) is 20.0. The minimum absolute atomic E-state index is 0.0294. The van der Waals surface area contributed by atoms with Crippen molar-refractivity contribution in [2.75, 3.05) is 45.2 Å². The second kappa shape index (κ2) is 11.3. The van der Waals surface area contributed by atoms with E-state index in [0.29, 0.717) is 43.3 Å². The van der Waals surface area contributed by atoms with E-state index in [-0.39, 0.29) is 18.4 Å². The zero-order valence-corrected chi connectivity index (χ0v) is 20.8. The fourth-order valence-electron chi connectivity index (χ4n) is 4.16. The number of aromatic nitrogens is 3. The van der Waals surface area contributed by atoms with Crippen LogP contribution in [0.15, 0.2) is 48.5 Å². The normalized spacial score (nSPS) is 14.1. The molecule has 1 aliphatic rings. The third-order valence-electron chi connectivity index (χ3n) is 6.16. The number of benzene rings is 2. The van der Waals surface area contributed by atoms with Crippen molar-refractivity contribution >= 4 is 29.7 Å². The summed E-state index contributed by atoms with van der Waals surface area (Å²) in [5.41, 5.74) is 2.81. The van der Waals surface area contributed by atoms with Crippen molar-refractivity contribution < 1.29 is 14.3 Å². The van der Waals surface area contributed by atoms with E-state index in [1.54, 1.807) is 11.7 Å². The molecule has 1 saturated heterocycles. The van der Waals surface area contributed by atoms with Gasteiger partial charge in [0.2, 0.25) is 11.8 Å². The number of anilines is 1. The highest BCUT2D eigenvalue weighted by atomic mass is 32.1. The number of amides is 2. The van der Waals surface area contributed by atoms with E-state index in [1.165, 1.54) is 0 Å². The summed E-state index contributed by atoms with van der Waals surface area (Å²) in [5.74, 6) is 1.28. The van der Waals surface area contributed by atoms with Crippen LogP contribution in [0.1, 0.15) is 12.5 Å². The predicted molar refractivity (Wildman–Crippen MR) is 137 cm³/mol. The van der Waals surface area contributed by atoms with E-state index in [1.807, 2.05) is 53.4 Å². The van der Waals surface area contributed by atoms with Gasteiger partial charge in [0, 0.05) is 37.4 Å². The van der Waals surface area contributed by atoms with Crippen LogP contribution in [0.2, 0.25) is 0 Å². The Hall–Kier alpha value is -3.50. The number of rotatable bonds is 8. The summed E-state index contributed by atoms with van der Waals surface area (Å²) in [5, 5.41) is 10.1. The van der Waals surface area contributed by atoms with Gasteiger partial charge in [-0.05, 0) is 54.5 Å². The van der Waals surface area contributed by atoms with Gasteiger partial charge in [0.15, 0.2) is 10.6 Å². The summed E-state index contributed by atoms with van der Waals surface area (Å²) in [6, 6.07) is 15.3. The Kier molecular flexibility index (Phi) is 7.94. The quantitative estimate of drug-likeness (QED) is 0.468. The summed E-state index contributed by atoms with van der Waals surface area (Å²) in [6.07, 6.45) is 0.859. The first-order chi connectivity index (χ1) is 17.0. The summed E-state index contributed by atoms with van der Waals surface area (Å²) in [6.45, 7) is 4.85. The molecule has 2 N–H and O–H groups in total. The van der Waals surface area contributed by atoms with Crippen LogP contribution < -0.4 is 10.1 Å². The summed E-state index contributed by atoms with van der Waals surface area (Å²) >= 11 is 5.38. The molecule has 9 nitrogen and oxygen atoms in total. The number of H-pyrrole nitrogens is 1. The van der Waals surface area contributed by atoms with Gasteiger partial charge in [0.05, 0.1) is 13.7 Å². The Bertz CT molecular complexity index is 1230. The van der Waals surface area contributed by atoms with E-state index in [9.17, 15) is 9.59 Å². The second-order valence-corrected chi connectivity index (χ2v) is 8.77. The molecule has 2 amide bonds. The Morgan fingerprint density at radius 2 is 1.77 bits per heavy atom. The Morgan fingerprint density at radius 1 is 1.06 bits per heavy atom. The number of carbonyl (C=O) groups excluding carboxylic acids is 2. The smallest absolute Gasteiger partial charge is 0.242 e. The molecule has 4 rings (SSSR count). The molecule has 1 aromatic heterocycles. The summed E-state index contributed by atoms with van der Waals surface area (Å²) in [7, 11) is 1.61. The first-order valence-corrected chi connectivity index (χ1v) is 12.1. The SMILES string of the molecule is CCc1ccccc1NC(=O)CN1CCN(C(=O)Cn2c(-c3ccc(OC)cc3)n[nH]c2=S)CC1. The number of carbonyl (C=O) groups is 2. The standard InChI is InChI=1S/C25H30N6O3S/c1-3-18-6-4-5-7-21(18)26-22(32)16-29-12-14-30(15-13-29)23(33)17-31-24(27-28-25(31)35)19-8-10-20(34-2)11-9-19/h4-11H,3,12-17H2,1-2H3,(H,26,32)(H,28,35). The first-order valence-electron chi connectivity index (χ1n) is 11.7. The average molecular weight is 495 g/mol. The number of aryl methyl sites for hydroxylation is 1. The van der Waals surface area contributed by atoms with E-state index in [0.717, 1.165) is 29.0 Å². The molecule has 0 unspecified atom stereocenters. The van der Waals surface area contributed by atoms with Crippen molar-refractivity contribution in [3.8, 4) is 17.1 Å². The highest BCUT2D eigenvalue weighted by molar-refractivity contribution is 7.71. The lowest BCUT2D eigenvalue weighted by Gasteiger charge is -2.34. The molecule has 2 aromatic carbocycles. The zero-order chi connectivity index (χ0) is 24.8. The Balaban J connectivity index is 1.32. The fourth-order valence-corrected chi connectivity index (χ4v) is 4.36. The fraction of sp³-hybridized carbons (Fsp3) is 0.360. The molecule has 35 heavy (non-hydrogen) atoms. The van der Waals surface area contributed by atoms with Gasteiger partial charge >= 0.3 is 0 Å². The first kappa shape index (κ1) is 24.6. The van der Waals surface area contributed by atoms with Crippen LogP contribution in [0, 0.1) is 4.77 Å². The maximum absolute atomic E-state index is 13.0. The molecule has 2 heterocycles. The minimum Gasteiger partial charge on any atom is -0.497 e. The molecule has 10 heteroatoms. The van der Waals surface area contributed by atoms with Crippen LogP contribution in [0.3, 0.4) is 0 Å². The molecule has 0 spiro atoms. The van der Waals surface area contributed by atoms with E-state index < -0.39 is 0 Å². The highest BCUT2D eigenvalue weighted by Crippen LogP contribution is 2.21. The van der Waals surface area contributed by atoms with Gasteiger partial charge in [-0.3, -0.25) is 24.2 Å². The van der Waals surface area contributed by atoms with Crippen LogP contribution in [0.5, 0.6) is 5.75 Å². The van der Waals surface area contributed by atoms with E-state index >= 15 is 0 Å². The van der Waals surface area contributed by atoms with Gasteiger partial charge in [-0.15, -0.1) is 0 Å². The van der Waals surface area contributed by atoms with Gasteiger partial charge in [0.1, 0.15) is 12.3 Å². The third-order valence-corrected chi connectivity index (χ3v) is 6.48. The second-order valence-electron chi connectivity index (χ2n) is 8.38. The molecular weight excluding hydrogens is 464 g/mol. The van der Waals surface area contributed by atoms with Crippen molar-refractivity contribution in [1.82, 2.24) is 24.6 Å². The van der Waals surface area contributed by atoms with Crippen LogP contribution in [0.4, 0.5) is 5.69 Å². The van der Waals surface area contributed by atoms with Crippen molar-refractivity contribution in [1.29, 1.82) is 0 Å². The average Bonchev–Trinajstić information content (AvgIpc) is 3.24. The third kappa shape index (κ3) is 5.95. The lowest BCUT2D eigenvalue weighted by molar-refractivity contribution is -0.133.